The number of nitrogens with one attached hydrogen (secondary N) is 1. The third-order valence-corrected chi connectivity index (χ3v) is 5.70. The van der Waals surface area contributed by atoms with E-state index in [1.807, 2.05) is 56.3 Å². The Morgan fingerprint density at radius 2 is 1.70 bits per heavy atom. The van der Waals surface area contributed by atoms with Crippen molar-refractivity contribution in [3.05, 3.63) is 65.5 Å². The molecule has 1 amide bonds. The van der Waals surface area contributed by atoms with E-state index in [0.29, 0.717) is 11.4 Å². The third kappa shape index (κ3) is 4.07. The van der Waals surface area contributed by atoms with Gasteiger partial charge in [-0.1, -0.05) is 42.0 Å². The minimum Gasteiger partial charge on any atom is -0.367 e. The molecule has 30 heavy (non-hydrogen) atoms. The first-order valence-electron chi connectivity index (χ1n) is 10.4. The summed E-state index contributed by atoms with van der Waals surface area (Å²) >= 11 is 0. The lowest BCUT2D eigenvalue weighted by molar-refractivity contribution is 0.102. The summed E-state index contributed by atoms with van der Waals surface area (Å²) in [6, 6.07) is 15.9. The first-order chi connectivity index (χ1) is 14.6. The molecular weight excluding hydrogens is 376 g/mol. The topological polar surface area (TPSA) is 66.3 Å². The van der Waals surface area contributed by atoms with Gasteiger partial charge in [-0.15, -0.1) is 5.10 Å². The molecule has 1 aliphatic rings. The Morgan fingerprint density at radius 3 is 2.40 bits per heavy atom. The Morgan fingerprint density at radius 1 is 1.00 bits per heavy atom. The molecule has 0 bridgehead atoms. The van der Waals surface area contributed by atoms with Gasteiger partial charge in [0.2, 0.25) is 0 Å². The largest absolute Gasteiger partial charge is 0.367 e. The van der Waals surface area contributed by atoms with Crippen LogP contribution in [-0.2, 0) is 0 Å². The number of amides is 1. The Bertz CT molecular complexity index is 1020. The van der Waals surface area contributed by atoms with Gasteiger partial charge >= 0.3 is 0 Å². The zero-order valence-electron chi connectivity index (χ0n) is 17.8. The maximum absolute atomic E-state index is 13.0. The fourth-order valence-electron chi connectivity index (χ4n) is 3.81. The van der Waals surface area contributed by atoms with Gasteiger partial charge in [-0.3, -0.25) is 4.79 Å². The second-order valence-corrected chi connectivity index (χ2v) is 7.66. The number of piperazine rings is 1. The summed E-state index contributed by atoms with van der Waals surface area (Å²) in [5.74, 6) is -0.245. The van der Waals surface area contributed by atoms with Gasteiger partial charge < -0.3 is 15.1 Å². The number of carbonyl (C=O) groups excluding carboxylic acids is 1. The zero-order chi connectivity index (χ0) is 21.1. The summed E-state index contributed by atoms with van der Waals surface area (Å²) in [7, 11) is 0. The van der Waals surface area contributed by atoms with Crippen molar-refractivity contribution in [1.82, 2.24) is 19.9 Å². The molecule has 2 aromatic carbocycles. The number of para-hydroxylation sites is 2. The minimum atomic E-state index is -0.245. The quantitative estimate of drug-likeness (QED) is 0.707. The number of aryl methyl sites for hydroxylation is 1. The highest BCUT2D eigenvalue weighted by molar-refractivity contribution is 6.05. The zero-order valence-corrected chi connectivity index (χ0v) is 17.8. The van der Waals surface area contributed by atoms with Crippen LogP contribution in [0.15, 0.2) is 48.5 Å². The lowest BCUT2D eigenvalue weighted by atomic mass is 10.2. The van der Waals surface area contributed by atoms with Gasteiger partial charge in [0, 0.05) is 26.2 Å². The van der Waals surface area contributed by atoms with Gasteiger partial charge in [0.05, 0.1) is 22.8 Å². The van der Waals surface area contributed by atoms with Crippen LogP contribution < -0.4 is 10.2 Å². The highest BCUT2D eigenvalue weighted by Crippen LogP contribution is 2.27. The number of carbonyl (C=O) groups is 1. The van der Waals surface area contributed by atoms with E-state index in [1.165, 1.54) is 5.56 Å². The van der Waals surface area contributed by atoms with Gasteiger partial charge in [0.1, 0.15) is 0 Å². The van der Waals surface area contributed by atoms with Gasteiger partial charge in [-0.05, 0) is 44.7 Å². The van der Waals surface area contributed by atoms with E-state index in [-0.39, 0.29) is 5.91 Å². The normalized spacial score (nSPS) is 14.7. The molecule has 0 unspecified atom stereocenters. The molecule has 2 heterocycles. The number of hydrogen-bond donors (Lipinski definition) is 1. The number of hydrogen-bond acceptors (Lipinski definition) is 5. The highest BCUT2D eigenvalue weighted by atomic mass is 16.2. The van der Waals surface area contributed by atoms with Crippen molar-refractivity contribution >= 4 is 17.3 Å². The molecule has 7 heteroatoms. The molecule has 0 aliphatic carbocycles. The number of rotatable bonds is 5. The van der Waals surface area contributed by atoms with E-state index in [4.69, 9.17) is 0 Å². The lowest BCUT2D eigenvalue weighted by Crippen LogP contribution is -2.46. The second-order valence-electron chi connectivity index (χ2n) is 7.66. The molecule has 1 aliphatic heterocycles. The minimum absolute atomic E-state index is 0.245. The molecule has 7 nitrogen and oxygen atoms in total. The van der Waals surface area contributed by atoms with Gasteiger partial charge in [0.15, 0.2) is 5.69 Å². The van der Waals surface area contributed by atoms with Crippen LogP contribution >= 0.6 is 0 Å². The maximum atomic E-state index is 13.0. The molecule has 0 radical (unpaired) electrons. The van der Waals surface area contributed by atoms with Crippen LogP contribution in [0.25, 0.3) is 5.69 Å². The van der Waals surface area contributed by atoms with E-state index in [9.17, 15) is 4.79 Å². The predicted molar refractivity (Wildman–Crippen MR) is 120 cm³/mol. The van der Waals surface area contributed by atoms with Crippen LogP contribution in [0.3, 0.4) is 0 Å². The van der Waals surface area contributed by atoms with Crippen molar-refractivity contribution in [3.63, 3.8) is 0 Å². The Hall–Kier alpha value is -3.19. The standard InChI is InChI=1S/C23H28N6O/c1-4-27-13-15-28(16-14-27)21-8-6-5-7-20(21)24-23(30)22-18(3)29(26-25-22)19-11-9-17(2)10-12-19/h5-12H,4,13-16H2,1-3H3,(H,24,30). The van der Waals surface area contributed by atoms with Gasteiger partial charge in [-0.25, -0.2) is 4.68 Å². The molecule has 0 saturated carbocycles. The molecule has 4 rings (SSSR count). The van der Waals surface area contributed by atoms with Gasteiger partial charge in [0.25, 0.3) is 5.91 Å². The number of nitrogens with zero attached hydrogens (tertiary/aromatic N) is 5. The van der Waals surface area contributed by atoms with Crippen LogP contribution in [0.4, 0.5) is 11.4 Å². The first kappa shape index (κ1) is 20.1. The van der Waals surface area contributed by atoms with E-state index in [2.05, 4.69) is 38.4 Å². The van der Waals surface area contributed by atoms with Crippen LogP contribution in [-0.4, -0.2) is 58.5 Å². The van der Waals surface area contributed by atoms with E-state index in [0.717, 1.165) is 49.8 Å². The average molecular weight is 405 g/mol. The van der Waals surface area contributed by atoms with Crippen molar-refractivity contribution in [1.29, 1.82) is 0 Å². The van der Waals surface area contributed by atoms with E-state index >= 15 is 0 Å². The molecule has 1 aromatic heterocycles. The number of anilines is 2. The molecule has 0 spiro atoms. The summed E-state index contributed by atoms with van der Waals surface area (Å²) in [6.45, 7) is 11.1. The molecule has 156 valence electrons. The summed E-state index contributed by atoms with van der Waals surface area (Å²) in [5, 5.41) is 11.4. The van der Waals surface area contributed by atoms with Crippen molar-refractivity contribution < 1.29 is 4.79 Å². The van der Waals surface area contributed by atoms with Crippen LogP contribution in [0.2, 0.25) is 0 Å². The number of aromatic nitrogens is 3. The molecule has 0 atom stereocenters. The molecule has 1 fully saturated rings. The summed E-state index contributed by atoms with van der Waals surface area (Å²) < 4.78 is 1.70. The average Bonchev–Trinajstić information content (AvgIpc) is 3.16. The summed E-state index contributed by atoms with van der Waals surface area (Å²) in [5.41, 5.74) is 4.96. The van der Waals surface area contributed by atoms with Crippen LogP contribution in [0.5, 0.6) is 0 Å². The monoisotopic (exact) mass is 404 g/mol. The lowest BCUT2D eigenvalue weighted by Gasteiger charge is -2.36. The Kier molecular flexibility index (Phi) is 5.81. The number of likely N-dealkylation sites (N-methyl/N-ethyl adjacent to an activating group) is 1. The molecular formula is C23H28N6O. The SMILES string of the molecule is CCN1CCN(c2ccccc2NC(=O)c2nnn(-c3ccc(C)cc3)c2C)CC1. The van der Waals surface area contributed by atoms with Crippen molar-refractivity contribution in [2.45, 2.75) is 20.8 Å². The maximum Gasteiger partial charge on any atom is 0.278 e. The fourth-order valence-corrected chi connectivity index (χ4v) is 3.81. The first-order valence-corrected chi connectivity index (χ1v) is 10.4. The van der Waals surface area contributed by atoms with E-state index < -0.39 is 0 Å². The third-order valence-electron chi connectivity index (χ3n) is 5.70. The van der Waals surface area contributed by atoms with Crippen molar-refractivity contribution in [3.8, 4) is 5.69 Å². The van der Waals surface area contributed by atoms with Crippen LogP contribution in [0.1, 0.15) is 28.7 Å². The predicted octanol–water partition coefficient (Wildman–Crippen LogP) is 3.28. The smallest absolute Gasteiger partial charge is 0.278 e. The van der Waals surface area contributed by atoms with Crippen molar-refractivity contribution in [2.75, 3.05) is 42.9 Å². The van der Waals surface area contributed by atoms with Gasteiger partial charge in [-0.2, -0.15) is 0 Å². The van der Waals surface area contributed by atoms with Crippen LogP contribution in [0, 0.1) is 13.8 Å². The molecule has 3 aromatic rings. The second kappa shape index (κ2) is 8.67. The molecule has 1 N–H and O–H groups in total. The fraction of sp³-hybridized carbons (Fsp3) is 0.348. The summed E-state index contributed by atoms with van der Waals surface area (Å²) in [4.78, 5) is 17.8. The van der Waals surface area contributed by atoms with E-state index in [1.54, 1.807) is 4.68 Å². The van der Waals surface area contributed by atoms with Crippen molar-refractivity contribution in [2.24, 2.45) is 0 Å². The highest BCUT2D eigenvalue weighted by Gasteiger charge is 2.21. The number of benzene rings is 2. The Balaban J connectivity index is 1.53. The molecule has 1 saturated heterocycles. The summed E-state index contributed by atoms with van der Waals surface area (Å²) in [6.07, 6.45) is 0. The Labute approximate surface area is 177 Å².